The normalized spacial score (nSPS) is 25.4. The van der Waals surface area contributed by atoms with E-state index in [0.29, 0.717) is 19.4 Å². The van der Waals surface area contributed by atoms with Crippen LogP contribution in [0.2, 0.25) is 0 Å². The molecule has 1 saturated carbocycles. The lowest BCUT2D eigenvalue weighted by Crippen LogP contribution is -2.34. The summed E-state index contributed by atoms with van der Waals surface area (Å²) < 4.78 is 14.6. The molecule has 0 bridgehead atoms. The molecule has 2 N–H and O–H groups in total. The maximum atomic E-state index is 14.6. The number of carboxylic acid groups (broad SMARTS) is 1. The molecule has 0 unspecified atom stereocenters. The minimum atomic E-state index is -1.40. The van der Waals surface area contributed by atoms with Crippen molar-refractivity contribution in [3.63, 3.8) is 0 Å². The van der Waals surface area contributed by atoms with Crippen molar-refractivity contribution in [2.24, 2.45) is 5.92 Å². The number of rotatable bonds is 5. The standard InChI is InChI=1S/C17H25FN2O2/c1-16(2,3)14-6-12(8-19-10-14)9-20-11-17(18)5-4-13(7-17)15(21)22/h6,8,10,13,20H,4-5,7,9,11H2,1-3H3,(H,21,22)/t13-,17+/m0/s1. The Morgan fingerprint density at radius 2 is 2.23 bits per heavy atom. The Morgan fingerprint density at radius 3 is 2.82 bits per heavy atom. The third-order valence-corrected chi connectivity index (χ3v) is 4.33. The summed E-state index contributed by atoms with van der Waals surface area (Å²) in [6.07, 6.45) is 4.48. The molecule has 0 amide bonds. The van der Waals surface area contributed by atoms with Crippen LogP contribution in [0.4, 0.5) is 4.39 Å². The number of hydrogen-bond acceptors (Lipinski definition) is 3. The molecule has 2 rings (SSSR count). The molecule has 1 aliphatic rings. The number of halogens is 1. The Labute approximate surface area is 131 Å². The number of hydrogen-bond donors (Lipinski definition) is 2. The monoisotopic (exact) mass is 308 g/mol. The largest absolute Gasteiger partial charge is 0.481 e. The van der Waals surface area contributed by atoms with Crippen LogP contribution in [-0.4, -0.2) is 28.3 Å². The second-order valence-corrected chi connectivity index (χ2v) is 7.36. The Balaban J connectivity index is 1.88. The first kappa shape index (κ1) is 16.9. The second-order valence-electron chi connectivity index (χ2n) is 7.36. The predicted octanol–water partition coefficient (Wildman–Crippen LogP) is 3.06. The van der Waals surface area contributed by atoms with Gasteiger partial charge >= 0.3 is 5.97 Å². The molecule has 1 aromatic heterocycles. The van der Waals surface area contributed by atoms with Crippen LogP contribution in [0.1, 0.15) is 51.2 Å². The van der Waals surface area contributed by atoms with Crippen molar-refractivity contribution >= 4 is 5.97 Å². The van der Waals surface area contributed by atoms with E-state index in [-0.39, 0.29) is 18.4 Å². The third-order valence-electron chi connectivity index (χ3n) is 4.33. The quantitative estimate of drug-likeness (QED) is 0.877. The fourth-order valence-electron chi connectivity index (χ4n) is 2.88. The summed E-state index contributed by atoms with van der Waals surface area (Å²) in [6, 6.07) is 2.08. The Hall–Kier alpha value is -1.49. The zero-order valence-corrected chi connectivity index (χ0v) is 13.5. The summed E-state index contributed by atoms with van der Waals surface area (Å²) >= 11 is 0. The van der Waals surface area contributed by atoms with Crippen molar-refractivity contribution in [1.82, 2.24) is 10.3 Å². The van der Waals surface area contributed by atoms with Crippen LogP contribution >= 0.6 is 0 Å². The average molecular weight is 308 g/mol. The highest BCUT2D eigenvalue weighted by molar-refractivity contribution is 5.70. The number of carbonyl (C=O) groups is 1. The van der Waals surface area contributed by atoms with Gasteiger partial charge in [0, 0.05) is 25.5 Å². The summed E-state index contributed by atoms with van der Waals surface area (Å²) in [5.74, 6) is -1.43. The number of aliphatic carboxylic acids is 1. The van der Waals surface area contributed by atoms with Crippen LogP contribution in [0.3, 0.4) is 0 Å². The lowest BCUT2D eigenvalue weighted by molar-refractivity contribution is -0.141. The van der Waals surface area contributed by atoms with E-state index in [1.807, 2.05) is 6.20 Å². The van der Waals surface area contributed by atoms with Gasteiger partial charge < -0.3 is 10.4 Å². The second kappa shape index (κ2) is 6.32. The molecule has 5 heteroatoms. The van der Waals surface area contributed by atoms with Gasteiger partial charge in [-0.25, -0.2) is 4.39 Å². The van der Waals surface area contributed by atoms with Gasteiger partial charge in [-0.2, -0.15) is 0 Å². The maximum Gasteiger partial charge on any atom is 0.306 e. The molecule has 0 aromatic carbocycles. The minimum Gasteiger partial charge on any atom is -0.481 e. The summed E-state index contributed by atoms with van der Waals surface area (Å²) in [6.45, 7) is 7.11. The van der Waals surface area contributed by atoms with Crippen molar-refractivity contribution in [3.05, 3.63) is 29.6 Å². The van der Waals surface area contributed by atoms with Gasteiger partial charge in [0.15, 0.2) is 0 Å². The van der Waals surface area contributed by atoms with Gasteiger partial charge in [0.2, 0.25) is 0 Å². The highest BCUT2D eigenvalue weighted by Crippen LogP contribution is 2.37. The first-order valence-corrected chi connectivity index (χ1v) is 7.76. The van der Waals surface area contributed by atoms with Gasteiger partial charge in [0.1, 0.15) is 5.67 Å². The zero-order valence-electron chi connectivity index (χ0n) is 13.5. The topological polar surface area (TPSA) is 62.2 Å². The molecule has 1 aliphatic carbocycles. The lowest BCUT2D eigenvalue weighted by Gasteiger charge is -2.21. The van der Waals surface area contributed by atoms with Crippen LogP contribution in [0.15, 0.2) is 18.5 Å². The minimum absolute atomic E-state index is 0.0322. The summed E-state index contributed by atoms with van der Waals surface area (Å²) in [7, 11) is 0. The van der Waals surface area contributed by atoms with E-state index in [0.717, 1.165) is 11.1 Å². The first-order valence-electron chi connectivity index (χ1n) is 7.76. The van der Waals surface area contributed by atoms with E-state index < -0.39 is 17.6 Å². The molecule has 22 heavy (non-hydrogen) atoms. The summed E-state index contributed by atoms with van der Waals surface area (Å²) in [5, 5.41) is 12.1. The molecule has 1 aromatic rings. The number of nitrogens with zero attached hydrogens (tertiary/aromatic N) is 1. The van der Waals surface area contributed by atoms with Gasteiger partial charge in [-0.15, -0.1) is 0 Å². The molecule has 0 aliphatic heterocycles. The molecule has 0 saturated heterocycles. The van der Waals surface area contributed by atoms with Gasteiger partial charge in [0.05, 0.1) is 5.92 Å². The van der Waals surface area contributed by atoms with E-state index in [1.165, 1.54) is 0 Å². The van der Waals surface area contributed by atoms with Crippen LogP contribution in [0, 0.1) is 5.92 Å². The molecule has 4 nitrogen and oxygen atoms in total. The summed E-state index contributed by atoms with van der Waals surface area (Å²) in [4.78, 5) is 15.2. The van der Waals surface area contributed by atoms with Crippen LogP contribution < -0.4 is 5.32 Å². The predicted molar refractivity (Wildman–Crippen MR) is 83.5 cm³/mol. The molecule has 2 atom stereocenters. The van der Waals surface area contributed by atoms with Gasteiger partial charge in [0.25, 0.3) is 0 Å². The molecule has 1 heterocycles. The first-order chi connectivity index (χ1) is 10.2. The van der Waals surface area contributed by atoms with E-state index in [4.69, 9.17) is 5.11 Å². The van der Waals surface area contributed by atoms with E-state index >= 15 is 0 Å². The number of pyridine rings is 1. The number of nitrogens with one attached hydrogen (secondary N) is 1. The number of carboxylic acids is 1. The van der Waals surface area contributed by atoms with Crippen molar-refractivity contribution < 1.29 is 14.3 Å². The molecule has 122 valence electrons. The van der Waals surface area contributed by atoms with E-state index in [2.05, 4.69) is 37.1 Å². The van der Waals surface area contributed by atoms with Crippen molar-refractivity contribution in [2.75, 3.05) is 6.54 Å². The maximum absolute atomic E-state index is 14.6. The number of aromatic nitrogens is 1. The Morgan fingerprint density at radius 1 is 1.50 bits per heavy atom. The van der Waals surface area contributed by atoms with Gasteiger partial charge in [-0.3, -0.25) is 9.78 Å². The molecule has 0 radical (unpaired) electrons. The SMILES string of the molecule is CC(C)(C)c1cncc(CNC[C@@]2(F)CC[C@H](C(=O)O)C2)c1. The summed E-state index contributed by atoms with van der Waals surface area (Å²) in [5.41, 5.74) is 0.792. The highest BCUT2D eigenvalue weighted by Gasteiger charge is 2.41. The van der Waals surface area contributed by atoms with Gasteiger partial charge in [-0.1, -0.05) is 26.8 Å². The Bertz CT molecular complexity index is 542. The van der Waals surface area contributed by atoms with Crippen molar-refractivity contribution in [3.8, 4) is 0 Å². The van der Waals surface area contributed by atoms with Crippen molar-refractivity contribution in [2.45, 2.75) is 57.7 Å². The highest BCUT2D eigenvalue weighted by atomic mass is 19.1. The van der Waals surface area contributed by atoms with Gasteiger partial charge in [-0.05, 0) is 35.8 Å². The van der Waals surface area contributed by atoms with E-state index in [9.17, 15) is 9.18 Å². The fraction of sp³-hybridized carbons (Fsp3) is 0.647. The number of alkyl halides is 1. The third kappa shape index (κ3) is 4.26. The van der Waals surface area contributed by atoms with Crippen molar-refractivity contribution in [1.29, 1.82) is 0 Å². The zero-order chi connectivity index (χ0) is 16.4. The van der Waals surface area contributed by atoms with Crippen LogP contribution in [0.5, 0.6) is 0 Å². The molecular formula is C17H25FN2O2. The van der Waals surface area contributed by atoms with E-state index in [1.54, 1.807) is 6.20 Å². The molecule has 1 fully saturated rings. The lowest BCUT2D eigenvalue weighted by atomic mass is 9.87. The average Bonchev–Trinajstić information content (AvgIpc) is 2.81. The molecular weight excluding hydrogens is 283 g/mol. The smallest absolute Gasteiger partial charge is 0.306 e. The van der Waals surface area contributed by atoms with Crippen LogP contribution in [-0.2, 0) is 16.8 Å². The Kier molecular flexibility index (Phi) is 4.85. The molecule has 0 spiro atoms. The fourth-order valence-corrected chi connectivity index (χ4v) is 2.88. The van der Waals surface area contributed by atoms with Crippen LogP contribution in [0.25, 0.3) is 0 Å².